The number of aromatic nitrogens is 1. The number of imide groups is 1. The van der Waals surface area contributed by atoms with Gasteiger partial charge in [-0.3, -0.25) is 24.7 Å². The first kappa shape index (κ1) is 14.0. The molecule has 7 nitrogen and oxygen atoms in total. The lowest BCUT2D eigenvalue weighted by atomic mass is 9.97. The highest BCUT2D eigenvalue weighted by molar-refractivity contribution is 6.09. The minimum atomic E-state index is -1.11. The Balaban J connectivity index is 2.41. The number of carbonyl (C=O) groups is 3. The summed E-state index contributed by atoms with van der Waals surface area (Å²) < 4.78 is 5.08. The summed E-state index contributed by atoms with van der Waals surface area (Å²) in [6, 6.07) is 1.49. The lowest BCUT2D eigenvalue weighted by Gasteiger charge is -2.40. The van der Waals surface area contributed by atoms with Gasteiger partial charge >= 0.3 is 0 Å². The molecular formula is C13H15N3O4. The third-order valence-corrected chi connectivity index (χ3v) is 3.27. The van der Waals surface area contributed by atoms with E-state index in [1.807, 2.05) is 0 Å². The molecule has 1 aromatic rings. The van der Waals surface area contributed by atoms with Crippen molar-refractivity contribution in [2.75, 3.05) is 13.7 Å². The summed E-state index contributed by atoms with van der Waals surface area (Å²) >= 11 is 0. The minimum Gasteiger partial charge on any atom is -0.494 e. The van der Waals surface area contributed by atoms with Crippen LogP contribution >= 0.6 is 0 Å². The number of pyridine rings is 1. The van der Waals surface area contributed by atoms with Crippen LogP contribution in [0.4, 0.5) is 0 Å². The zero-order chi connectivity index (χ0) is 14.9. The van der Waals surface area contributed by atoms with E-state index in [1.165, 1.54) is 30.5 Å². The van der Waals surface area contributed by atoms with Crippen LogP contribution in [0.3, 0.4) is 0 Å². The van der Waals surface area contributed by atoms with Gasteiger partial charge < -0.3 is 9.64 Å². The molecule has 0 atom stereocenters. The van der Waals surface area contributed by atoms with Crippen LogP contribution in [0.5, 0.6) is 5.75 Å². The Bertz CT molecular complexity index is 583. The number of nitrogens with one attached hydrogen (secondary N) is 1. The molecule has 7 heteroatoms. The molecule has 1 aliphatic heterocycles. The molecule has 1 fully saturated rings. The van der Waals surface area contributed by atoms with Crippen molar-refractivity contribution in [3.8, 4) is 5.75 Å². The van der Waals surface area contributed by atoms with Gasteiger partial charge in [-0.2, -0.15) is 0 Å². The fourth-order valence-electron chi connectivity index (χ4n) is 1.97. The highest BCUT2D eigenvalue weighted by Gasteiger charge is 2.44. The first-order valence-corrected chi connectivity index (χ1v) is 6.02. The second kappa shape index (κ2) is 4.92. The molecule has 2 rings (SSSR count). The van der Waals surface area contributed by atoms with Gasteiger partial charge in [0.1, 0.15) is 17.8 Å². The normalized spacial score (nSPS) is 17.6. The van der Waals surface area contributed by atoms with Gasteiger partial charge in [0.15, 0.2) is 0 Å². The molecule has 0 aliphatic carbocycles. The largest absolute Gasteiger partial charge is 0.494 e. The molecule has 1 N–H and O–H groups in total. The fourth-order valence-corrected chi connectivity index (χ4v) is 1.97. The SMILES string of the molecule is COc1cnccc1C(=O)N1CC(=O)NC(=O)C1(C)C. The van der Waals surface area contributed by atoms with E-state index in [4.69, 9.17) is 4.74 Å². The summed E-state index contributed by atoms with van der Waals surface area (Å²) in [4.78, 5) is 41.0. The molecular weight excluding hydrogens is 262 g/mol. The maximum atomic E-state index is 12.6. The van der Waals surface area contributed by atoms with Crippen molar-refractivity contribution >= 4 is 17.7 Å². The Labute approximate surface area is 115 Å². The number of amides is 3. The topological polar surface area (TPSA) is 88.6 Å². The molecule has 106 valence electrons. The van der Waals surface area contributed by atoms with E-state index in [0.717, 1.165) is 0 Å². The average Bonchev–Trinajstić information content (AvgIpc) is 2.42. The smallest absolute Gasteiger partial charge is 0.259 e. The number of hydrogen-bond acceptors (Lipinski definition) is 5. The number of hydrogen-bond donors (Lipinski definition) is 1. The number of rotatable bonds is 2. The molecule has 0 radical (unpaired) electrons. The molecule has 0 spiro atoms. The highest BCUT2D eigenvalue weighted by Crippen LogP contribution is 2.24. The number of ether oxygens (including phenoxy) is 1. The number of methoxy groups -OCH3 is 1. The maximum Gasteiger partial charge on any atom is 0.259 e. The molecule has 3 amide bonds. The maximum absolute atomic E-state index is 12.6. The van der Waals surface area contributed by atoms with Crippen LogP contribution in [0.1, 0.15) is 24.2 Å². The fraction of sp³-hybridized carbons (Fsp3) is 0.385. The molecule has 2 heterocycles. The molecule has 1 saturated heterocycles. The van der Waals surface area contributed by atoms with Gasteiger partial charge in [-0.05, 0) is 19.9 Å². The Kier molecular flexibility index (Phi) is 3.44. The standard InChI is InChI=1S/C13H15N3O4/c1-13(2)12(19)15-10(17)7-16(13)11(18)8-4-5-14-6-9(8)20-3/h4-6H,7H2,1-3H3,(H,15,17,19). The van der Waals surface area contributed by atoms with E-state index in [0.29, 0.717) is 5.75 Å². The zero-order valence-corrected chi connectivity index (χ0v) is 11.5. The Hall–Kier alpha value is -2.44. The van der Waals surface area contributed by atoms with E-state index in [1.54, 1.807) is 13.8 Å². The van der Waals surface area contributed by atoms with E-state index >= 15 is 0 Å². The lowest BCUT2D eigenvalue weighted by molar-refractivity contribution is -0.143. The molecule has 20 heavy (non-hydrogen) atoms. The molecule has 0 saturated carbocycles. The van der Waals surface area contributed by atoms with Crippen molar-refractivity contribution < 1.29 is 19.1 Å². The highest BCUT2D eigenvalue weighted by atomic mass is 16.5. The average molecular weight is 277 g/mol. The second-order valence-electron chi connectivity index (χ2n) is 4.90. The van der Waals surface area contributed by atoms with Gasteiger partial charge in [-0.15, -0.1) is 0 Å². The van der Waals surface area contributed by atoms with Crippen molar-refractivity contribution in [1.82, 2.24) is 15.2 Å². The van der Waals surface area contributed by atoms with Crippen LogP contribution in [0.15, 0.2) is 18.5 Å². The third kappa shape index (κ3) is 2.22. The molecule has 0 aromatic carbocycles. The summed E-state index contributed by atoms with van der Waals surface area (Å²) in [6.07, 6.45) is 2.86. The van der Waals surface area contributed by atoms with Crippen LogP contribution in [0.25, 0.3) is 0 Å². The predicted molar refractivity (Wildman–Crippen MR) is 69.1 cm³/mol. The number of piperazine rings is 1. The quantitative estimate of drug-likeness (QED) is 0.767. The second-order valence-corrected chi connectivity index (χ2v) is 4.90. The van der Waals surface area contributed by atoms with Crippen molar-refractivity contribution in [3.63, 3.8) is 0 Å². The van der Waals surface area contributed by atoms with E-state index in [2.05, 4.69) is 10.3 Å². The van der Waals surface area contributed by atoms with Crippen molar-refractivity contribution in [2.24, 2.45) is 0 Å². The van der Waals surface area contributed by atoms with Crippen LogP contribution in [-0.2, 0) is 9.59 Å². The van der Waals surface area contributed by atoms with Crippen molar-refractivity contribution in [3.05, 3.63) is 24.0 Å². The number of carbonyl (C=O) groups excluding carboxylic acids is 3. The molecule has 0 unspecified atom stereocenters. The van der Waals surface area contributed by atoms with E-state index in [-0.39, 0.29) is 12.1 Å². The van der Waals surface area contributed by atoms with Gasteiger partial charge in [-0.1, -0.05) is 0 Å². The summed E-state index contributed by atoms with van der Waals surface area (Å²) in [5, 5.41) is 2.22. The van der Waals surface area contributed by atoms with E-state index in [9.17, 15) is 14.4 Å². The summed E-state index contributed by atoms with van der Waals surface area (Å²) in [6.45, 7) is 2.99. The van der Waals surface area contributed by atoms with Crippen LogP contribution in [0, 0.1) is 0 Å². The van der Waals surface area contributed by atoms with Gasteiger partial charge in [0.2, 0.25) is 5.91 Å². The predicted octanol–water partition coefficient (Wildman–Crippen LogP) is -0.0326. The van der Waals surface area contributed by atoms with Crippen LogP contribution in [0.2, 0.25) is 0 Å². The van der Waals surface area contributed by atoms with Crippen LogP contribution in [-0.4, -0.2) is 46.8 Å². The number of nitrogens with zero attached hydrogens (tertiary/aromatic N) is 2. The van der Waals surface area contributed by atoms with Gasteiger partial charge in [0, 0.05) is 6.20 Å². The monoisotopic (exact) mass is 277 g/mol. The lowest BCUT2D eigenvalue weighted by Crippen LogP contribution is -2.65. The summed E-state index contributed by atoms with van der Waals surface area (Å²) in [5.41, 5.74) is -0.850. The van der Waals surface area contributed by atoms with Crippen molar-refractivity contribution in [1.29, 1.82) is 0 Å². The molecule has 1 aliphatic rings. The van der Waals surface area contributed by atoms with Gasteiger partial charge in [0.25, 0.3) is 11.8 Å². The van der Waals surface area contributed by atoms with Gasteiger partial charge in [-0.25, -0.2) is 0 Å². The van der Waals surface area contributed by atoms with Gasteiger partial charge in [0.05, 0.1) is 18.9 Å². The Morgan fingerprint density at radius 1 is 1.45 bits per heavy atom. The van der Waals surface area contributed by atoms with Crippen LogP contribution < -0.4 is 10.1 Å². The first-order chi connectivity index (χ1) is 9.37. The Morgan fingerprint density at radius 3 is 2.80 bits per heavy atom. The van der Waals surface area contributed by atoms with E-state index < -0.39 is 23.3 Å². The summed E-state index contributed by atoms with van der Waals surface area (Å²) in [7, 11) is 1.42. The van der Waals surface area contributed by atoms with Crippen molar-refractivity contribution in [2.45, 2.75) is 19.4 Å². The molecule has 1 aromatic heterocycles. The third-order valence-electron chi connectivity index (χ3n) is 3.27. The summed E-state index contributed by atoms with van der Waals surface area (Å²) in [5.74, 6) is -1.16. The molecule has 0 bridgehead atoms. The first-order valence-electron chi connectivity index (χ1n) is 6.02. The Morgan fingerprint density at radius 2 is 2.15 bits per heavy atom. The zero-order valence-electron chi connectivity index (χ0n) is 11.5. The minimum absolute atomic E-state index is 0.178.